The summed E-state index contributed by atoms with van der Waals surface area (Å²) in [5.41, 5.74) is 0.989. The fraction of sp³-hybridized carbons (Fsp3) is 0.667. The molecule has 0 N–H and O–H groups in total. The van der Waals surface area contributed by atoms with Crippen molar-refractivity contribution in [2.24, 2.45) is 5.92 Å². The second-order valence-electron chi connectivity index (χ2n) is 11.8. The van der Waals surface area contributed by atoms with Crippen molar-refractivity contribution in [3.63, 3.8) is 0 Å². The number of amides is 3. The topological polar surface area (TPSA) is 106 Å². The molecule has 11 heteroatoms. The first kappa shape index (κ1) is 30.8. The van der Waals surface area contributed by atoms with E-state index in [1.165, 1.54) is 0 Å². The summed E-state index contributed by atoms with van der Waals surface area (Å²) in [5, 5.41) is 0. The molecule has 3 heterocycles. The first-order valence-electron chi connectivity index (χ1n) is 14.7. The van der Waals surface area contributed by atoms with Gasteiger partial charge in [-0.2, -0.15) is 0 Å². The van der Waals surface area contributed by atoms with Gasteiger partial charge in [-0.1, -0.05) is 12.1 Å². The van der Waals surface area contributed by atoms with Crippen molar-refractivity contribution in [1.82, 2.24) is 24.3 Å². The van der Waals surface area contributed by atoms with Crippen LogP contribution in [0.5, 0.6) is 0 Å². The van der Waals surface area contributed by atoms with E-state index in [0.717, 1.165) is 23.9 Å². The molecule has 2 atom stereocenters. The molecular formula is C30H45N5O6. The third kappa shape index (κ3) is 7.56. The van der Waals surface area contributed by atoms with E-state index in [9.17, 15) is 14.4 Å². The van der Waals surface area contributed by atoms with Gasteiger partial charge in [0.05, 0.1) is 36.2 Å². The summed E-state index contributed by atoms with van der Waals surface area (Å²) >= 11 is 0. The van der Waals surface area contributed by atoms with E-state index >= 15 is 0 Å². The minimum Gasteiger partial charge on any atom is -0.444 e. The molecule has 2 aromatic rings. The number of unbranched alkanes of at least 4 members (excludes halogenated alkanes) is 1. The molecule has 226 valence electrons. The fourth-order valence-corrected chi connectivity index (χ4v) is 5.67. The summed E-state index contributed by atoms with van der Waals surface area (Å²) < 4.78 is 18.3. The highest BCUT2D eigenvalue weighted by Crippen LogP contribution is 2.27. The molecule has 0 aliphatic carbocycles. The van der Waals surface area contributed by atoms with Crippen LogP contribution in [0.2, 0.25) is 0 Å². The van der Waals surface area contributed by atoms with Crippen LogP contribution in [-0.4, -0.2) is 113 Å². The number of carbonyl (C=O) groups excluding carboxylic acids is 3. The number of morpholine rings is 1. The molecule has 1 aromatic carbocycles. The van der Waals surface area contributed by atoms with Crippen molar-refractivity contribution >= 4 is 28.9 Å². The maximum atomic E-state index is 14.2. The van der Waals surface area contributed by atoms with Gasteiger partial charge in [0, 0.05) is 53.0 Å². The van der Waals surface area contributed by atoms with Crippen LogP contribution in [0.1, 0.15) is 57.6 Å². The van der Waals surface area contributed by atoms with Crippen LogP contribution in [-0.2, 0) is 25.5 Å². The Morgan fingerprint density at radius 3 is 2.49 bits per heavy atom. The van der Waals surface area contributed by atoms with Crippen LogP contribution in [0.25, 0.3) is 11.0 Å². The lowest BCUT2D eigenvalue weighted by molar-refractivity contribution is -0.142. The summed E-state index contributed by atoms with van der Waals surface area (Å²) in [6.45, 7) is 11.7. The molecule has 3 amide bonds. The number of piperidine rings is 1. The Labute approximate surface area is 242 Å². The highest BCUT2D eigenvalue weighted by atomic mass is 16.6. The van der Waals surface area contributed by atoms with Gasteiger partial charge in [0.1, 0.15) is 5.60 Å². The van der Waals surface area contributed by atoms with Crippen molar-refractivity contribution < 1.29 is 28.6 Å². The van der Waals surface area contributed by atoms with E-state index in [1.54, 1.807) is 21.8 Å². The number of methoxy groups -OCH3 is 1. The van der Waals surface area contributed by atoms with Gasteiger partial charge in [-0.25, -0.2) is 9.78 Å². The lowest BCUT2D eigenvalue weighted by Gasteiger charge is -2.43. The molecule has 2 aliphatic heterocycles. The molecule has 4 rings (SSSR count). The number of hydrogen-bond donors (Lipinski definition) is 0. The molecule has 0 radical (unpaired) electrons. The summed E-state index contributed by atoms with van der Waals surface area (Å²) in [6.07, 6.45) is 1.69. The predicted octanol–water partition coefficient (Wildman–Crippen LogP) is 3.41. The molecule has 2 fully saturated rings. The second-order valence-corrected chi connectivity index (χ2v) is 11.8. The molecule has 2 aliphatic rings. The molecule has 41 heavy (non-hydrogen) atoms. The lowest BCUT2D eigenvalue weighted by atomic mass is 9.91. The van der Waals surface area contributed by atoms with E-state index in [2.05, 4.69) is 0 Å². The third-order valence-corrected chi connectivity index (χ3v) is 7.62. The molecule has 11 nitrogen and oxygen atoms in total. The number of nitrogens with zero attached hydrogens (tertiary/aromatic N) is 5. The van der Waals surface area contributed by atoms with Crippen LogP contribution in [0, 0.1) is 5.92 Å². The number of fused-ring (bicyclic) bond motifs is 1. The fourth-order valence-electron chi connectivity index (χ4n) is 5.67. The molecule has 0 unspecified atom stereocenters. The number of rotatable bonds is 9. The van der Waals surface area contributed by atoms with Crippen molar-refractivity contribution in [2.75, 3.05) is 59.7 Å². The minimum absolute atomic E-state index is 0.0135. The Morgan fingerprint density at radius 1 is 1.07 bits per heavy atom. The lowest BCUT2D eigenvalue weighted by Crippen LogP contribution is -2.58. The predicted molar refractivity (Wildman–Crippen MR) is 155 cm³/mol. The van der Waals surface area contributed by atoms with Crippen LogP contribution >= 0.6 is 0 Å². The molecule has 0 spiro atoms. The third-order valence-electron chi connectivity index (χ3n) is 7.62. The van der Waals surface area contributed by atoms with Gasteiger partial charge in [-0.15, -0.1) is 0 Å². The number of aromatic nitrogens is 2. The Balaban J connectivity index is 1.62. The standard InChI is InChI=1S/C30H45N5O6/c1-6-34(28(37)26-31-24-11-7-8-12-25(24)35(26)13-9-10-16-39-5)23-19-22(27(36)32-14-17-40-18-15-32)20-33(21-23)29(38)41-30(2,3)4/h7-8,11-12,22-23H,6,9-10,13-21H2,1-5H3/t22-,23+/m1/s1. The molecule has 0 bridgehead atoms. The molecular weight excluding hydrogens is 526 g/mol. The van der Waals surface area contributed by atoms with Crippen LogP contribution < -0.4 is 0 Å². The Kier molecular flexibility index (Phi) is 10.2. The number of likely N-dealkylation sites (N-methyl/N-ethyl adjacent to an activating group) is 1. The van der Waals surface area contributed by atoms with Crippen molar-refractivity contribution in [1.29, 1.82) is 0 Å². The average Bonchev–Trinajstić information content (AvgIpc) is 3.33. The van der Waals surface area contributed by atoms with E-state index in [1.807, 2.05) is 56.5 Å². The highest BCUT2D eigenvalue weighted by Gasteiger charge is 2.41. The van der Waals surface area contributed by atoms with Crippen molar-refractivity contribution in [3.05, 3.63) is 30.1 Å². The molecule has 2 saturated heterocycles. The smallest absolute Gasteiger partial charge is 0.410 e. The van der Waals surface area contributed by atoms with E-state index in [-0.39, 0.29) is 30.9 Å². The molecule has 1 aromatic heterocycles. The zero-order chi connectivity index (χ0) is 29.6. The number of carbonyl (C=O) groups is 3. The van der Waals surface area contributed by atoms with Gasteiger partial charge in [0.15, 0.2) is 5.82 Å². The monoisotopic (exact) mass is 571 g/mol. The maximum absolute atomic E-state index is 14.2. The molecule has 0 saturated carbocycles. The maximum Gasteiger partial charge on any atom is 0.410 e. The zero-order valence-electron chi connectivity index (χ0n) is 25.1. The first-order chi connectivity index (χ1) is 19.6. The van der Waals surface area contributed by atoms with Gasteiger partial charge in [0.25, 0.3) is 5.91 Å². The van der Waals surface area contributed by atoms with E-state index in [0.29, 0.717) is 58.2 Å². The first-order valence-corrected chi connectivity index (χ1v) is 14.7. The Bertz CT molecular complexity index is 1200. The number of likely N-dealkylation sites (tertiary alicyclic amines) is 1. The second kappa shape index (κ2) is 13.7. The van der Waals surface area contributed by atoms with Crippen LogP contribution in [0.3, 0.4) is 0 Å². The highest BCUT2D eigenvalue weighted by molar-refractivity contribution is 5.95. The number of para-hydroxylation sites is 2. The number of hydrogen-bond acceptors (Lipinski definition) is 7. The average molecular weight is 572 g/mol. The van der Waals surface area contributed by atoms with Crippen LogP contribution in [0.4, 0.5) is 4.79 Å². The summed E-state index contributed by atoms with van der Waals surface area (Å²) in [7, 11) is 1.68. The van der Waals surface area contributed by atoms with Crippen molar-refractivity contribution in [2.45, 2.75) is 65.1 Å². The largest absolute Gasteiger partial charge is 0.444 e. The summed E-state index contributed by atoms with van der Waals surface area (Å²) in [4.78, 5) is 51.0. The van der Waals surface area contributed by atoms with Gasteiger partial charge < -0.3 is 33.5 Å². The van der Waals surface area contributed by atoms with E-state index in [4.69, 9.17) is 19.2 Å². The van der Waals surface area contributed by atoms with Crippen LogP contribution in [0.15, 0.2) is 24.3 Å². The van der Waals surface area contributed by atoms with Gasteiger partial charge >= 0.3 is 6.09 Å². The van der Waals surface area contributed by atoms with Crippen molar-refractivity contribution in [3.8, 4) is 0 Å². The van der Waals surface area contributed by atoms with E-state index < -0.39 is 17.6 Å². The number of benzene rings is 1. The van der Waals surface area contributed by atoms with Gasteiger partial charge in [-0.05, 0) is 59.1 Å². The number of ether oxygens (including phenoxy) is 3. The normalized spacial score (nSPS) is 19.8. The minimum atomic E-state index is -0.679. The Morgan fingerprint density at radius 2 is 1.80 bits per heavy atom. The SMILES string of the molecule is CCN(C(=O)c1nc2ccccc2n1CCCCOC)[C@H]1C[C@@H](C(=O)N2CCOCC2)CN(C(=O)OC(C)(C)C)C1. The number of aryl methyl sites for hydroxylation is 1. The summed E-state index contributed by atoms with van der Waals surface area (Å²) in [6, 6.07) is 7.38. The zero-order valence-corrected chi connectivity index (χ0v) is 25.1. The van der Waals surface area contributed by atoms with Gasteiger partial charge in [0.2, 0.25) is 5.91 Å². The quantitative estimate of drug-likeness (QED) is 0.425. The number of imidazole rings is 1. The summed E-state index contributed by atoms with van der Waals surface area (Å²) in [5.74, 6) is -0.297. The van der Waals surface area contributed by atoms with Gasteiger partial charge in [-0.3, -0.25) is 9.59 Å². The Hall–Kier alpha value is -3.18.